The summed E-state index contributed by atoms with van der Waals surface area (Å²) in [6.07, 6.45) is 0. The van der Waals surface area contributed by atoms with E-state index < -0.39 is 288 Å². The standard InChI is InChI=1S/CH4O36Si37/c1-40(43(6)47(10)51(14)55(18)59(22)63(26)67(30)71(34)73(36)69(32)65(28)61(24)57(20)53(16)49(12)45(8)41(4)38-2)44(7)48(11)52(15)56(19)60(23)64(27)68(31)72(35)74(37)70(33)66(29)62(25)58(21)54(17)50(13)46(9)42(5)39-3/h40H,1H3. The first-order chi connectivity index (χ1) is 33.8. The van der Waals surface area contributed by atoms with Crippen LogP contribution in [0.5, 0.6) is 0 Å². The molecule has 74 heavy (non-hydrogen) atoms. The molecule has 0 unspecified atom stereocenters. The van der Waals surface area contributed by atoms with Gasteiger partial charge in [-0.25, -0.2) is 0 Å². The van der Waals surface area contributed by atoms with E-state index in [1.54, 1.807) is 0 Å². The van der Waals surface area contributed by atoms with Crippen LogP contribution in [0.4, 0.5) is 0 Å². The zero-order valence-electron chi connectivity index (χ0n) is 34.3. The Kier molecular flexibility index (Phi) is 34.1. The maximum absolute atomic E-state index is 13.0. The highest BCUT2D eigenvalue weighted by molar-refractivity contribution is 7.86. The van der Waals surface area contributed by atoms with Gasteiger partial charge in [-0.15, -0.1) is 0 Å². The normalized spacial score (nSPS) is 9.86. The molecule has 0 aliphatic rings. The van der Waals surface area contributed by atoms with Gasteiger partial charge in [-0.3, -0.25) is 0 Å². The van der Waals surface area contributed by atoms with E-state index in [1.807, 2.05) is 0 Å². The summed E-state index contributed by atoms with van der Waals surface area (Å²) in [6.45, 7) is 0.674. The van der Waals surface area contributed by atoms with Gasteiger partial charge in [-0.1, -0.05) is 6.55 Å². The predicted octanol–water partition coefficient (Wildman–Crippen LogP) is -18.1. The van der Waals surface area contributed by atoms with Crippen LogP contribution in [0.25, 0.3) is 0 Å². The molecule has 0 fully saturated rings. The molecule has 73 heteroatoms. The Hall–Kier alpha value is 0.825. The fraction of sp³-hybridized carbons (Fsp3) is 1.00. The Morgan fingerprint density at radius 2 is 0.270 bits per heavy atom. The minimum absolute atomic E-state index is 0.674. The Morgan fingerprint density at radius 1 is 0.176 bits per heavy atom. The minimum Gasteiger partial charge on any atom is -0.389 e. The van der Waals surface area contributed by atoms with E-state index in [2.05, 4.69) is 0 Å². The molecule has 0 aliphatic heterocycles. The van der Waals surface area contributed by atoms with Crippen LogP contribution >= 0.6 is 0 Å². The van der Waals surface area contributed by atoms with Crippen LogP contribution in [0.2, 0.25) is 6.55 Å². The molecule has 0 bridgehead atoms. The monoisotopic (exact) mass is 1630 g/mol. The van der Waals surface area contributed by atoms with Crippen LogP contribution in [0.15, 0.2) is 0 Å². The van der Waals surface area contributed by atoms with Crippen LogP contribution in [-0.4, -0.2) is 288 Å². The van der Waals surface area contributed by atoms with Crippen molar-refractivity contribution in [3.8, 4) is 0 Å². The van der Waals surface area contributed by atoms with Crippen molar-refractivity contribution < 1.29 is 161 Å². The maximum atomic E-state index is 13.0. The van der Waals surface area contributed by atoms with Crippen molar-refractivity contribution in [3.63, 3.8) is 0 Å². The molecule has 0 aliphatic carbocycles. The van der Waals surface area contributed by atoms with Gasteiger partial charge >= 0.3 is 280 Å². The van der Waals surface area contributed by atoms with Gasteiger partial charge in [0, 0.05) is 0 Å². The predicted molar refractivity (Wildman–Crippen MR) is 245 cm³/mol. The fourth-order valence-electron chi connectivity index (χ4n) is 3.72. The molecule has 0 aromatic rings. The number of hydrogen-bond donors (Lipinski definition) is 0. The van der Waals surface area contributed by atoms with Crippen molar-refractivity contribution in [1.82, 2.24) is 0 Å². The minimum atomic E-state index is -4.66. The van der Waals surface area contributed by atoms with E-state index in [1.165, 1.54) is 0 Å². The molecule has 0 saturated heterocycles. The second kappa shape index (κ2) is 33.7. The lowest BCUT2D eigenvalue weighted by atomic mass is 11.9. The average Bonchev–Trinajstić information content (AvgIpc) is 3.41. The Bertz CT molecular complexity index is 3020. The highest BCUT2D eigenvalue weighted by Gasteiger charge is 2.58. The quantitative estimate of drug-likeness (QED) is 0.0526. The van der Waals surface area contributed by atoms with E-state index >= 15 is 0 Å². The smallest absolute Gasteiger partial charge is 0.381 e. The summed E-state index contributed by atoms with van der Waals surface area (Å²) >= 11 is 0. The zero-order valence-corrected chi connectivity index (χ0v) is 71.4. The molecule has 0 heterocycles. The van der Waals surface area contributed by atoms with Crippen molar-refractivity contribution in [2.75, 3.05) is 0 Å². The molecule has 0 aromatic heterocycles. The van der Waals surface area contributed by atoms with Crippen molar-refractivity contribution in [2.45, 2.75) is 6.55 Å². The van der Waals surface area contributed by atoms with Gasteiger partial charge in [0.15, 0.2) is 7.83 Å². The van der Waals surface area contributed by atoms with Gasteiger partial charge in [-0.2, -0.15) is 0 Å². The summed E-state index contributed by atoms with van der Waals surface area (Å²) < 4.78 is 446. The third-order valence-electron chi connectivity index (χ3n) is 7.61. The maximum Gasteiger partial charge on any atom is 0.381 e. The van der Waals surface area contributed by atoms with Crippen molar-refractivity contribution in [3.05, 3.63) is 0 Å². The topological polar surface area (TPSA) is 615 Å². The Labute approximate surface area is 450 Å². The van der Waals surface area contributed by atoms with Crippen LogP contribution in [-0.2, 0) is 161 Å². The Balaban J connectivity index is 5.95. The molecule has 372 valence electrons. The first-order valence-corrected chi connectivity index (χ1v) is 105. The van der Waals surface area contributed by atoms with Crippen molar-refractivity contribution in [1.29, 1.82) is 0 Å². The third kappa shape index (κ3) is 18.9. The van der Waals surface area contributed by atoms with Crippen LogP contribution in [0.1, 0.15) is 0 Å². The number of rotatable bonds is 36. The third-order valence-corrected chi connectivity index (χ3v) is 292. The molecule has 0 aromatic carbocycles. The molecule has 0 saturated carbocycles. The van der Waals surface area contributed by atoms with Crippen LogP contribution in [0.3, 0.4) is 0 Å². The molecule has 36 nitrogen and oxygen atoms in total. The lowest BCUT2D eigenvalue weighted by molar-refractivity contribution is 0.532. The first kappa shape index (κ1) is 74.8. The van der Waals surface area contributed by atoms with Crippen molar-refractivity contribution in [2.24, 2.45) is 0 Å². The van der Waals surface area contributed by atoms with Crippen LogP contribution < -0.4 is 0 Å². The van der Waals surface area contributed by atoms with E-state index in [-0.39, 0.29) is 0 Å². The van der Waals surface area contributed by atoms with Gasteiger partial charge in [0.05, 0.1) is 0 Å². The molecule has 0 rings (SSSR count). The first-order valence-electron chi connectivity index (χ1n) is 17.0. The van der Waals surface area contributed by atoms with Gasteiger partial charge < -0.3 is 161 Å². The van der Waals surface area contributed by atoms with Gasteiger partial charge in [0.2, 0.25) is 0 Å². The average molecular weight is 1630 g/mol. The summed E-state index contributed by atoms with van der Waals surface area (Å²) in [5.41, 5.74) is 0. The molecule has 0 amide bonds. The summed E-state index contributed by atoms with van der Waals surface area (Å²) in [7, 11) is -158. The summed E-state index contributed by atoms with van der Waals surface area (Å²) in [6, 6.07) is 0. The highest BCUT2D eigenvalue weighted by Crippen LogP contribution is 1.94. The van der Waals surface area contributed by atoms with Gasteiger partial charge in [0.25, 0.3) is 0 Å². The molecule has 0 spiro atoms. The number of hydrogen-bond acceptors (Lipinski definition) is 36. The second-order valence-corrected chi connectivity index (χ2v) is 189. The van der Waals surface area contributed by atoms with E-state index in [0.717, 1.165) is 0 Å². The van der Waals surface area contributed by atoms with E-state index in [4.69, 9.17) is 0 Å². The van der Waals surface area contributed by atoms with Crippen LogP contribution in [0, 0.1) is 0 Å². The molecular weight excluding hydrogens is 1630 g/mol. The summed E-state index contributed by atoms with van der Waals surface area (Å²) in [5, 5.41) is 0. The SMILES string of the molecule is C[SiH]([Si](=O)[Si](=O)[Si](=O)[Si](=O)[Si](=O)[Si](=O)[Si](=O)[Si](=O)[Si](=O)[Si](=O)[Si](=O)[Si](=O)[Si](=O)[Si](=O)[Si](=O)[Si](=O)[Si](=O)[Si]=O)[Si](=O)[Si](=O)[Si](=O)[Si](=O)[Si](=O)[Si](=O)[Si](=O)[Si](=O)[Si](=O)[Si](=O)[Si](=O)[Si](=O)[Si](=O)[Si](=O)[Si](=O)[Si](=O)[Si](=O)[Si]=O. The summed E-state index contributed by atoms with van der Waals surface area (Å²) in [5.74, 6) is 0. The molecular formula is CH4O36Si37. The van der Waals surface area contributed by atoms with Crippen molar-refractivity contribution >= 4 is 288 Å². The lowest BCUT2D eigenvalue weighted by Crippen LogP contribution is -2.59. The van der Waals surface area contributed by atoms with E-state index in [9.17, 15) is 161 Å². The molecule has 0 atom stereocenters. The van der Waals surface area contributed by atoms with E-state index in [0.29, 0.717) is 6.55 Å². The highest BCUT2D eigenvalue weighted by atomic mass is 30.1. The molecule has 0 N–H and O–H groups in total. The zero-order chi connectivity index (χ0) is 58.6. The fourth-order valence-corrected chi connectivity index (χ4v) is 428. The molecule has 2 radical (unpaired) electrons. The lowest BCUT2D eigenvalue weighted by Gasteiger charge is -2.00. The second-order valence-electron chi connectivity index (χ2n) is 12.2. The summed E-state index contributed by atoms with van der Waals surface area (Å²) in [4.78, 5) is 0. The Morgan fingerprint density at radius 3 is 0.378 bits per heavy atom. The largest absolute Gasteiger partial charge is 0.389 e. The van der Waals surface area contributed by atoms with Gasteiger partial charge in [0.1, 0.15) is 0 Å². The van der Waals surface area contributed by atoms with Gasteiger partial charge in [-0.05, 0) is 0 Å².